The molecule has 0 spiro atoms. The van der Waals surface area contributed by atoms with Crippen LogP contribution in [0.4, 0.5) is 0 Å². The molecule has 0 aromatic heterocycles. The van der Waals surface area contributed by atoms with Crippen LogP contribution in [0.25, 0.3) is 0 Å². The Morgan fingerprint density at radius 3 is 1.50 bits per heavy atom. The van der Waals surface area contributed by atoms with Gasteiger partial charge in [-0.1, -0.05) is 19.3 Å². The van der Waals surface area contributed by atoms with E-state index in [1.54, 1.807) is 0 Å². The van der Waals surface area contributed by atoms with Crippen molar-refractivity contribution in [1.29, 1.82) is 0 Å². The van der Waals surface area contributed by atoms with E-state index in [9.17, 15) is 0 Å². The summed E-state index contributed by atoms with van der Waals surface area (Å²) in [6.45, 7) is 0. The molecule has 0 aliphatic heterocycles. The van der Waals surface area contributed by atoms with Gasteiger partial charge < -0.3 is 12.4 Å². The number of rotatable bonds is 5. The van der Waals surface area contributed by atoms with Crippen molar-refractivity contribution in [2.45, 2.75) is 38.1 Å². The largest absolute Gasteiger partial charge is 1.00 e. The molecule has 110 valence electrons. The topological polar surface area (TPSA) is 21.8 Å². The van der Waals surface area contributed by atoms with Crippen LogP contribution in [-0.4, -0.2) is 62.3 Å². The molecule has 1 saturated carbocycles. The fourth-order valence-corrected chi connectivity index (χ4v) is 6.48. The third-order valence-corrected chi connectivity index (χ3v) is 7.69. The molecule has 6 heteroatoms. The number of halogens is 1. The molecule has 1 rings (SSSR count). The quantitative estimate of drug-likeness (QED) is 0.676. The molecule has 1 fully saturated rings. The Balaban J connectivity index is 0.00000289. The highest BCUT2D eigenvalue weighted by Gasteiger charge is 2.49. The van der Waals surface area contributed by atoms with Crippen LogP contribution in [0.15, 0.2) is 0 Å². The van der Waals surface area contributed by atoms with Crippen molar-refractivity contribution in [2.75, 3.05) is 42.3 Å². The van der Waals surface area contributed by atoms with Crippen molar-refractivity contribution >= 4 is 7.87 Å². The molecule has 0 aromatic rings. The molecule has 18 heavy (non-hydrogen) atoms. The van der Waals surface area contributed by atoms with Gasteiger partial charge in [0.1, 0.15) is 0 Å². The summed E-state index contributed by atoms with van der Waals surface area (Å²) >= 11 is 0. The van der Waals surface area contributed by atoms with Crippen LogP contribution in [0.3, 0.4) is 0 Å². The van der Waals surface area contributed by atoms with Gasteiger partial charge >= 0.3 is 7.87 Å². The number of hydrogen-bond acceptors (Lipinski definition) is 4. The van der Waals surface area contributed by atoms with Crippen molar-refractivity contribution in [1.82, 2.24) is 19.1 Å². The van der Waals surface area contributed by atoms with E-state index in [1.165, 1.54) is 32.1 Å². The zero-order valence-corrected chi connectivity index (χ0v) is 14.4. The summed E-state index contributed by atoms with van der Waals surface area (Å²) in [5.74, 6) is 0. The molecular formula is C12H30ClN4P. The standard InChI is InChI=1S/C12H30N4P.ClH/c1-14(2)17(15(3)4,16(5)6)13-12-10-8-7-9-11-12;/h12-13H,7-11H2,1-6H3;1H/q+1;/p-1. The van der Waals surface area contributed by atoms with Gasteiger partial charge in [0.25, 0.3) is 0 Å². The maximum atomic E-state index is 3.96. The summed E-state index contributed by atoms with van der Waals surface area (Å²) in [6, 6.07) is 0.685. The summed E-state index contributed by atoms with van der Waals surface area (Å²) in [5.41, 5.74) is 0. The summed E-state index contributed by atoms with van der Waals surface area (Å²) in [6.07, 6.45) is 6.84. The van der Waals surface area contributed by atoms with Gasteiger partial charge in [0.05, 0.1) is 0 Å². The van der Waals surface area contributed by atoms with Crippen LogP contribution in [0.5, 0.6) is 0 Å². The van der Waals surface area contributed by atoms with Crippen LogP contribution in [-0.2, 0) is 0 Å². The fraction of sp³-hybridized carbons (Fsp3) is 1.00. The first-order chi connectivity index (χ1) is 7.91. The number of hydrogen-bond donors (Lipinski definition) is 1. The lowest BCUT2D eigenvalue weighted by atomic mass is 9.96. The molecule has 0 aromatic carbocycles. The lowest BCUT2D eigenvalue weighted by Gasteiger charge is -2.42. The Labute approximate surface area is 120 Å². The minimum Gasteiger partial charge on any atom is -1.00 e. The Morgan fingerprint density at radius 1 is 0.778 bits per heavy atom. The molecule has 0 radical (unpaired) electrons. The minimum atomic E-state index is -1.53. The van der Waals surface area contributed by atoms with E-state index in [0.29, 0.717) is 6.04 Å². The van der Waals surface area contributed by atoms with Crippen molar-refractivity contribution in [3.8, 4) is 0 Å². The van der Waals surface area contributed by atoms with Crippen molar-refractivity contribution in [3.05, 3.63) is 0 Å². The molecule has 1 aliphatic rings. The first kappa shape index (κ1) is 18.6. The van der Waals surface area contributed by atoms with Gasteiger partial charge in [-0.15, -0.1) is 19.1 Å². The molecule has 0 amide bonds. The highest BCUT2D eigenvalue weighted by molar-refractivity contribution is 7.66. The van der Waals surface area contributed by atoms with E-state index >= 15 is 0 Å². The Bertz CT molecular complexity index is 208. The normalized spacial score (nSPS) is 18.5. The van der Waals surface area contributed by atoms with Crippen LogP contribution >= 0.6 is 7.87 Å². The van der Waals surface area contributed by atoms with Gasteiger partial charge in [-0.3, -0.25) is 0 Å². The molecule has 0 atom stereocenters. The van der Waals surface area contributed by atoms with Gasteiger partial charge in [-0.05, 0) is 12.8 Å². The molecule has 0 unspecified atom stereocenters. The zero-order chi connectivity index (χ0) is 13.1. The van der Waals surface area contributed by atoms with Crippen molar-refractivity contribution in [3.63, 3.8) is 0 Å². The van der Waals surface area contributed by atoms with Crippen molar-refractivity contribution in [2.24, 2.45) is 0 Å². The van der Waals surface area contributed by atoms with E-state index < -0.39 is 7.87 Å². The minimum absolute atomic E-state index is 0. The Hall–Kier alpha value is 0.560. The van der Waals surface area contributed by atoms with E-state index in [2.05, 4.69) is 61.4 Å². The number of nitrogens with one attached hydrogen (secondary N) is 1. The summed E-state index contributed by atoms with van der Waals surface area (Å²) in [4.78, 5) is 0. The lowest BCUT2D eigenvalue weighted by Crippen LogP contribution is -3.00. The molecule has 0 heterocycles. The van der Waals surface area contributed by atoms with Crippen LogP contribution in [0.2, 0.25) is 0 Å². The van der Waals surface area contributed by atoms with Crippen LogP contribution in [0.1, 0.15) is 32.1 Å². The molecule has 1 N–H and O–H groups in total. The summed E-state index contributed by atoms with van der Waals surface area (Å²) in [5, 5.41) is 3.96. The molecular weight excluding hydrogens is 267 g/mol. The summed E-state index contributed by atoms with van der Waals surface area (Å²) in [7, 11) is 11.6. The second-order valence-corrected chi connectivity index (χ2v) is 9.37. The second kappa shape index (κ2) is 7.98. The Kier molecular flexibility index (Phi) is 8.23. The number of nitrogens with zero attached hydrogens (tertiary/aromatic N) is 3. The van der Waals surface area contributed by atoms with Crippen molar-refractivity contribution < 1.29 is 12.4 Å². The van der Waals surface area contributed by atoms with E-state index in [0.717, 1.165) is 0 Å². The Morgan fingerprint density at radius 2 is 1.17 bits per heavy atom. The van der Waals surface area contributed by atoms with Crippen LogP contribution in [0, 0.1) is 0 Å². The highest BCUT2D eigenvalue weighted by Crippen LogP contribution is 2.60. The van der Waals surface area contributed by atoms with Gasteiger partial charge in [0.15, 0.2) is 0 Å². The van der Waals surface area contributed by atoms with Crippen LogP contribution < -0.4 is 17.5 Å². The monoisotopic (exact) mass is 296 g/mol. The van der Waals surface area contributed by atoms with E-state index in [-0.39, 0.29) is 12.4 Å². The van der Waals surface area contributed by atoms with Gasteiger partial charge in [0, 0.05) is 48.3 Å². The predicted molar refractivity (Wildman–Crippen MR) is 78.0 cm³/mol. The molecule has 0 bridgehead atoms. The fourth-order valence-electron chi connectivity index (χ4n) is 2.90. The first-order valence-electron chi connectivity index (χ1n) is 6.61. The van der Waals surface area contributed by atoms with Gasteiger partial charge in [-0.25, -0.2) is 0 Å². The highest BCUT2D eigenvalue weighted by atomic mass is 35.5. The average molecular weight is 297 g/mol. The third-order valence-electron chi connectivity index (χ3n) is 3.63. The van der Waals surface area contributed by atoms with Gasteiger partial charge in [-0.2, -0.15) is 0 Å². The smallest absolute Gasteiger partial charge is 0.304 e. The first-order valence-corrected chi connectivity index (χ1v) is 8.26. The second-order valence-electron chi connectivity index (χ2n) is 5.57. The predicted octanol–water partition coefficient (Wildman–Crippen LogP) is -0.725. The van der Waals surface area contributed by atoms with E-state index in [1.807, 2.05) is 0 Å². The SMILES string of the molecule is CN(C)[P+](NC1CCCCC1)(N(C)C)N(C)C.[Cl-]. The molecule has 4 nitrogen and oxygen atoms in total. The molecule has 1 aliphatic carbocycles. The lowest BCUT2D eigenvalue weighted by molar-refractivity contribution is -0.00000412. The average Bonchev–Trinajstić information content (AvgIpc) is 2.25. The molecule has 0 saturated heterocycles. The maximum Gasteiger partial charge on any atom is 0.304 e. The third kappa shape index (κ3) is 4.03. The maximum absolute atomic E-state index is 3.96. The van der Waals surface area contributed by atoms with Gasteiger partial charge in [0.2, 0.25) is 0 Å². The van der Waals surface area contributed by atoms with E-state index in [4.69, 9.17) is 0 Å². The zero-order valence-electron chi connectivity index (χ0n) is 12.8. The summed E-state index contributed by atoms with van der Waals surface area (Å²) < 4.78 is 7.09.